The van der Waals surface area contributed by atoms with Crippen LogP contribution in [0.3, 0.4) is 0 Å². The summed E-state index contributed by atoms with van der Waals surface area (Å²) in [4.78, 5) is 22.9. The lowest BCUT2D eigenvalue weighted by Crippen LogP contribution is -2.27. The van der Waals surface area contributed by atoms with Gasteiger partial charge in [0.1, 0.15) is 22.5 Å². The van der Waals surface area contributed by atoms with Crippen molar-refractivity contribution in [2.45, 2.75) is 37.5 Å². The molecule has 1 aromatic carbocycles. The molecule has 0 aliphatic carbocycles. The van der Waals surface area contributed by atoms with Crippen LogP contribution in [0.15, 0.2) is 29.3 Å². The Labute approximate surface area is 152 Å². The molecule has 1 saturated heterocycles. The molecule has 1 amide bonds. The zero-order valence-corrected chi connectivity index (χ0v) is 15.3. The normalized spacial score (nSPS) is 13.7. The maximum atomic E-state index is 12.4. The van der Waals surface area contributed by atoms with Gasteiger partial charge in [-0.3, -0.25) is 4.79 Å². The molecule has 1 fully saturated rings. The lowest BCUT2D eigenvalue weighted by molar-refractivity contribution is 0.0793. The minimum absolute atomic E-state index is 0.116. The highest BCUT2D eigenvalue weighted by Crippen LogP contribution is 2.26. The van der Waals surface area contributed by atoms with Crippen molar-refractivity contribution in [2.24, 2.45) is 0 Å². The Morgan fingerprint density at radius 2 is 1.88 bits per heavy atom. The molecule has 1 aliphatic rings. The summed E-state index contributed by atoms with van der Waals surface area (Å²) in [5, 5.41) is 10.0. The third-order valence-corrected chi connectivity index (χ3v) is 5.30. The first-order valence-corrected chi connectivity index (χ1v) is 9.33. The lowest BCUT2D eigenvalue weighted by Gasteiger charge is -2.15. The maximum absolute atomic E-state index is 12.4. The van der Waals surface area contributed by atoms with E-state index in [1.807, 2.05) is 43.0 Å². The molecule has 2 heterocycles. The topological polar surface area (TPSA) is 69.9 Å². The molecule has 0 saturated carbocycles. The highest BCUT2D eigenvalue weighted by molar-refractivity contribution is 7.98. The summed E-state index contributed by atoms with van der Waals surface area (Å²) < 4.78 is 0. The number of nitriles is 1. The Hall–Kier alpha value is -2.39. The second-order valence-electron chi connectivity index (χ2n) is 6.13. The zero-order chi connectivity index (χ0) is 17.8. The van der Waals surface area contributed by atoms with Crippen LogP contribution in [0, 0.1) is 25.2 Å². The van der Waals surface area contributed by atoms with Gasteiger partial charge in [0.05, 0.1) is 5.69 Å². The maximum Gasteiger partial charge on any atom is 0.253 e. The third-order valence-electron chi connectivity index (χ3n) is 4.25. The van der Waals surface area contributed by atoms with Crippen LogP contribution in [0.5, 0.6) is 0 Å². The molecule has 0 bridgehead atoms. The molecular weight excluding hydrogens is 332 g/mol. The minimum Gasteiger partial charge on any atom is -0.339 e. The van der Waals surface area contributed by atoms with Gasteiger partial charge in [0, 0.05) is 24.4 Å². The van der Waals surface area contributed by atoms with Crippen molar-refractivity contribution in [2.75, 3.05) is 13.1 Å². The van der Waals surface area contributed by atoms with Crippen LogP contribution in [0.25, 0.3) is 0 Å². The van der Waals surface area contributed by atoms with Gasteiger partial charge >= 0.3 is 0 Å². The lowest BCUT2D eigenvalue weighted by atomic mass is 10.1. The fourth-order valence-electron chi connectivity index (χ4n) is 2.91. The van der Waals surface area contributed by atoms with E-state index in [4.69, 9.17) is 0 Å². The zero-order valence-electron chi connectivity index (χ0n) is 14.5. The number of aromatic nitrogens is 2. The van der Waals surface area contributed by atoms with Gasteiger partial charge in [-0.05, 0) is 44.4 Å². The average Bonchev–Trinajstić information content (AvgIpc) is 3.14. The molecule has 0 N–H and O–H groups in total. The molecule has 5 nitrogen and oxygen atoms in total. The summed E-state index contributed by atoms with van der Waals surface area (Å²) in [7, 11) is 0. The van der Waals surface area contributed by atoms with Crippen LogP contribution in [-0.2, 0) is 5.75 Å². The first-order valence-electron chi connectivity index (χ1n) is 8.35. The average molecular weight is 352 g/mol. The summed E-state index contributed by atoms with van der Waals surface area (Å²) in [5.41, 5.74) is 3.09. The molecule has 0 spiro atoms. The van der Waals surface area contributed by atoms with Gasteiger partial charge in [-0.15, -0.1) is 11.8 Å². The molecule has 6 heteroatoms. The summed E-state index contributed by atoms with van der Waals surface area (Å²) in [5.74, 6) is 1.49. The Balaban J connectivity index is 1.68. The van der Waals surface area contributed by atoms with E-state index in [0.29, 0.717) is 27.9 Å². The number of thioether (sulfide) groups is 1. The predicted octanol–water partition coefficient (Wildman–Crippen LogP) is 3.49. The van der Waals surface area contributed by atoms with Crippen molar-refractivity contribution < 1.29 is 4.79 Å². The molecule has 128 valence electrons. The summed E-state index contributed by atoms with van der Waals surface area (Å²) in [6.45, 7) is 5.38. The van der Waals surface area contributed by atoms with E-state index in [9.17, 15) is 10.1 Å². The number of rotatable bonds is 4. The molecular formula is C19H20N4OS. The van der Waals surface area contributed by atoms with E-state index in [1.165, 1.54) is 11.8 Å². The smallest absolute Gasteiger partial charge is 0.253 e. The second kappa shape index (κ2) is 7.66. The van der Waals surface area contributed by atoms with Crippen molar-refractivity contribution in [3.8, 4) is 6.07 Å². The number of hydrogen-bond acceptors (Lipinski definition) is 5. The van der Waals surface area contributed by atoms with Crippen LogP contribution in [0.1, 0.15) is 45.8 Å². The highest BCUT2D eigenvalue weighted by atomic mass is 32.2. The quantitative estimate of drug-likeness (QED) is 0.622. The van der Waals surface area contributed by atoms with Crippen LogP contribution in [0.4, 0.5) is 0 Å². The molecule has 0 atom stereocenters. The van der Waals surface area contributed by atoms with E-state index in [0.717, 1.165) is 37.1 Å². The number of benzene rings is 1. The highest BCUT2D eigenvalue weighted by Gasteiger charge is 2.19. The molecule has 0 radical (unpaired) electrons. The fourth-order valence-corrected chi connectivity index (χ4v) is 3.94. The molecule has 1 aliphatic heterocycles. The molecule has 25 heavy (non-hydrogen) atoms. The van der Waals surface area contributed by atoms with Gasteiger partial charge in [0.15, 0.2) is 0 Å². The van der Waals surface area contributed by atoms with Gasteiger partial charge < -0.3 is 4.90 Å². The van der Waals surface area contributed by atoms with Crippen molar-refractivity contribution in [3.05, 3.63) is 52.5 Å². The first-order chi connectivity index (χ1) is 12.1. The van der Waals surface area contributed by atoms with Gasteiger partial charge in [-0.2, -0.15) is 5.26 Å². The number of hydrogen-bond donors (Lipinski definition) is 0. The van der Waals surface area contributed by atoms with E-state index in [-0.39, 0.29) is 5.91 Å². The summed E-state index contributed by atoms with van der Waals surface area (Å²) in [6.07, 6.45) is 2.19. The van der Waals surface area contributed by atoms with Crippen LogP contribution in [0.2, 0.25) is 0 Å². The largest absolute Gasteiger partial charge is 0.339 e. The van der Waals surface area contributed by atoms with E-state index < -0.39 is 0 Å². The van der Waals surface area contributed by atoms with Crippen molar-refractivity contribution in [3.63, 3.8) is 0 Å². The van der Waals surface area contributed by atoms with Crippen molar-refractivity contribution in [1.29, 1.82) is 5.26 Å². The van der Waals surface area contributed by atoms with E-state index >= 15 is 0 Å². The number of likely N-dealkylation sites (tertiary alicyclic amines) is 1. The van der Waals surface area contributed by atoms with Gasteiger partial charge in [0.25, 0.3) is 5.91 Å². The van der Waals surface area contributed by atoms with Gasteiger partial charge in [-0.1, -0.05) is 12.1 Å². The van der Waals surface area contributed by atoms with Crippen molar-refractivity contribution in [1.82, 2.24) is 14.9 Å². The first kappa shape index (κ1) is 17.4. The predicted molar refractivity (Wildman–Crippen MR) is 97.4 cm³/mol. The Morgan fingerprint density at radius 1 is 1.20 bits per heavy atom. The van der Waals surface area contributed by atoms with Crippen LogP contribution in [-0.4, -0.2) is 33.9 Å². The van der Waals surface area contributed by atoms with Gasteiger partial charge in [-0.25, -0.2) is 9.97 Å². The number of carbonyl (C=O) groups is 1. The Bertz CT molecular complexity index is 821. The molecule has 1 aromatic heterocycles. The Kier molecular flexibility index (Phi) is 5.34. The minimum atomic E-state index is 0.116. The summed E-state index contributed by atoms with van der Waals surface area (Å²) in [6, 6.07) is 9.91. The fraction of sp³-hybridized carbons (Fsp3) is 0.368. The molecule has 2 aromatic rings. The van der Waals surface area contributed by atoms with Crippen molar-refractivity contribution >= 4 is 17.7 Å². The van der Waals surface area contributed by atoms with Crippen LogP contribution < -0.4 is 0 Å². The number of amides is 1. The van der Waals surface area contributed by atoms with Gasteiger partial charge in [0.2, 0.25) is 0 Å². The second-order valence-corrected chi connectivity index (χ2v) is 7.10. The standard InChI is InChI=1S/C19H20N4OS/c1-13-17(11-20)18(22-14(2)21-13)25-12-15-5-7-16(8-6-15)19(24)23-9-3-4-10-23/h5-8H,3-4,9-10,12H2,1-2H3. The number of aryl methyl sites for hydroxylation is 2. The summed E-state index contributed by atoms with van der Waals surface area (Å²) >= 11 is 1.52. The van der Waals surface area contributed by atoms with E-state index in [1.54, 1.807) is 0 Å². The monoisotopic (exact) mass is 352 g/mol. The Morgan fingerprint density at radius 3 is 2.52 bits per heavy atom. The van der Waals surface area contributed by atoms with E-state index in [2.05, 4.69) is 16.0 Å². The van der Waals surface area contributed by atoms with Crippen LogP contribution >= 0.6 is 11.8 Å². The molecule has 0 unspecified atom stereocenters. The SMILES string of the molecule is Cc1nc(C)c(C#N)c(SCc2ccc(C(=O)N3CCCC3)cc2)n1. The molecule has 3 rings (SSSR count). The third kappa shape index (κ3) is 3.99. The number of carbonyl (C=O) groups excluding carboxylic acids is 1. The number of nitrogens with zero attached hydrogens (tertiary/aromatic N) is 4.